The van der Waals surface area contributed by atoms with Crippen molar-refractivity contribution >= 4 is 17.6 Å². The fraction of sp³-hybridized carbons (Fsp3) is 0.600. The first-order valence-electron chi connectivity index (χ1n) is 5.58. The highest BCUT2D eigenvalue weighted by atomic mass is 19.4. The Bertz CT molecular complexity index is 414. The van der Waals surface area contributed by atoms with Crippen LogP contribution in [0.5, 0.6) is 0 Å². The lowest BCUT2D eigenvalue weighted by molar-refractivity contribution is -0.176. The molecule has 2 rings (SSSR count). The molecule has 1 fully saturated rings. The van der Waals surface area contributed by atoms with Gasteiger partial charge in [0, 0.05) is 19.2 Å². The van der Waals surface area contributed by atoms with Gasteiger partial charge in [-0.1, -0.05) is 0 Å². The zero-order valence-electron chi connectivity index (χ0n) is 9.61. The number of halogens is 3. The van der Waals surface area contributed by atoms with Crippen LogP contribution >= 0.6 is 0 Å². The maximum atomic E-state index is 12.7. The van der Waals surface area contributed by atoms with E-state index in [1.165, 1.54) is 6.07 Å². The predicted octanol–water partition coefficient (Wildman–Crippen LogP) is 1.42. The minimum Gasteiger partial charge on any atom is -0.383 e. The van der Waals surface area contributed by atoms with Gasteiger partial charge in [-0.3, -0.25) is 0 Å². The first-order valence-corrected chi connectivity index (χ1v) is 5.58. The summed E-state index contributed by atoms with van der Waals surface area (Å²) in [6.45, 7) is 0.405. The average molecular weight is 261 g/mol. The quantitative estimate of drug-likeness (QED) is 0.799. The maximum Gasteiger partial charge on any atom is 0.393 e. The van der Waals surface area contributed by atoms with E-state index in [9.17, 15) is 13.2 Å². The fourth-order valence-electron chi connectivity index (χ4n) is 2.09. The summed E-state index contributed by atoms with van der Waals surface area (Å²) >= 11 is 0. The first-order chi connectivity index (χ1) is 8.36. The smallest absolute Gasteiger partial charge is 0.383 e. The van der Waals surface area contributed by atoms with Gasteiger partial charge >= 0.3 is 6.18 Å². The molecule has 0 aliphatic carbocycles. The number of piperidine rings is 1. The van der Waals surface area contributed by atoms with E-state index in [2.05, 4.69) is 9.97 Å². The van der Waals surface area contributed by atoms with Crippen LogP contribution in [0.4, 0.5) is 30.8 Å². The first kappa shape index (κ1) is 12.7. The summed E-state index contributed by atoms with van der Waals surface area (Å²) in [7, 11) is 0. The van der Waals surface area contributed by atoms with E-state index in [1.54, 1.807) is 4.90 Å². The van der Waals surface area contributed by atoms with E-state index in [0.29, 0.717) is 18.8 Å². The van der Waals surface area contributed by atoms with Crippen LogP contribution in [-0.4, -0.2) is 29.2 Å². The number of aromatic nitrogens is 2. The van der Waals surface area contributed by atoms with E-state index >= 15 is 0 Å². The van der Waals surface area contributed by atoms with E-state index in [1.807, 2.05) is 0 Å². The zero-order valence-corrected chi connectivity index (χ0v) is 9.61. The largest absolute Gasteiger partial charge is 0.393 e. The summed E-state index contributed by atoms with van der Waals surface area (Å²) in [5.74, 6) is -0.844. The molecule has 0 bridgehead atoms. The molecule has 1 aromatic heterocycles. The number of anilines is 3. The van der Waals surface area contributed by atoms with Crippen LogP contribution in [0.2, 0.25) is 0 Å². The van der Waals surface area contributed by atoms with E-state index in [4.69, 9.17) is 11.5 Å². The molecule has 4 N–H and O–H groups in total. The van der Waals surface area contributed by atoms with E-state index in [-0.39, 0.29) is 24.7 Å². The van der Waals surface area contributed by atoms with Crippen LogP contribution in [-0.2, 0) is 0 Å². The molecule has 1 saturated heterocycles. The minimum atomic E-state index is -4.18. The number of hydrogen-bond acceptors (Lipinski definition) is 5. The van der Waals surface area contributed by atoms with Gasteiger partial charge in [0.2, 0.25) is 5.95 Å². The van der Waals surface area contributed by atoms with Gasteiger partial charge in [0.1, 0.15) is 11.6 Å². The summed E-state index contributed by atoms with van der Waals surface area (Å²) in [6.07, 6.45) is -3.56. The molecule has 2 heterocycles. The second-order valence-corrected chi connectivity index (χ2v) is 4.34. The molecule has 0 amide bonds. The Balaban J connectivity index is 2.18. The molecule has 0 saturated carbocycles. The van der Waals surface area contributed by atoms with Crippen LogP contribution in [0.1, 0.15) is 12.8 Å². The van der Waals surface area contributed by atoms with Crippen molar-refractivity contribution < 1.29 is 13.2 Å². The molecule has 8 heteroatoms. The molecule has 0 spiro atoms. The SMILES string of the molecule is Nc1cc(N2CCCC(C(F)(F)F)C2)nc(N)n1. The van der Waals surface area contributed by atoms with Crippen LogP contribution in [0.25, 0.3) is 0 Å². The van der Waals surface area contributed by atoms with Crippen molar-refractivity contribution in [1.82, 2.24) is 9.97 Å². The molecule has 0 aromatic carbocycles. The van der Waals surface area contributed by atoms with Crippen LogP contribution in [0.3, 0.4) is 0 Å². The number of alkyl halides is 3. The molecule has 1 atom stereocenters. The summed E-state index contributed by atoms with van der Waals surface area (Å²) in [4.78, 5) is 9.16. The van der Waals surface area contributed by atoms with Crippen LogP contribution < -0.4 is 16.4 Å². The van der Waals surface area contributed by atoms with Crippen molar-refractivity contribution in [1.29, 1.82) is 0 Å². The summed E-state index contributed by atoms with van der Waals surface area (Å²) < 4.78 is 38.0. The Labute approximate surface area is 102 Å². The lowest BCUT2D eigenvalue weighted by Crippen LogP contribution is -2.42. The fourth-order valence-corrected chi connectivity index (χ4v) is 2.09. The molecule has 5 nitrogen and oxygen atoms in total. The highest BCUT2D eigenvalue weighted by Crippen LogP contribution is 2.34. The van der Waals surface area contributed by atoms with Crippen molar-refractivity contribution in [3.8, 4) is 0 Å². The topological polar surface area (TPSA) is 81.1 Å². The molecule has 18 heavy (non-hydrogen) atoms. The van der Waals surface area contributed by atoms with Gasteiger partial charge in [-0.2, -0.15) is 23.1 Å². The Morgan fingerprint density at radius 2 is 2.00 bits per heavy atom. The summed E-state index contributed by atoms with van der Waals surface area (Å²) in [5.41, 5.74) is 10.9. The van der Waals surface area contributed by atoms with Gasteiger partial charge in [0.25, 0.3) is 0 Å². The monoisotopic (exact) mass is 261 g/mol. The molecule has 1 aromatic rings. The summed E-state index contributed by atoms with van der Waals surface area (Å²) in [6, 6.07) is 1.44. The molecule has 1 unspecified atom stereocenters. The van der Waals surface area contributed by atoms with Gasteiger partial charge in [-0.15, -0.1) is 0 Å². The lowest BCUT2D eigenvalue weighted by atomic mass is 9.97. The third-order valence-corrected chi connectivity index (χ3v) is 2.96. The predicted molar refractivity (Wildman–Crippen MR) is 61.8 cm³/mol. The molecule has 1 aliphatic rings. The molecule has 0 radical (unpaired) electrons. The Kier molecular flexibility index (Phi) is 3.18. The second-order valence-electron chi connectivity index (χ2n) is 4.34. The van der Waals surface area contributed by atoms with Gasteiger partial charge in [-0.05, 0) is 12.8 Å². The van der Waals surface area contributed by atoms with Gasteiger partial charge < -0.3 is 16.4 Å². The number of nitrogens with zero attached hydrogens (tertiary/aromatic N) is 3. The van der Waals surface area contributed by atoms with Crippen molar-refractivity contribution in [2.75, 3.05) is 29.5 Å². The van der Waals surface area contributed by atoms with Gasteiger partial charge in [0.05, 0.1) is 5.92 Å². The Morgan fingerprint density at radius 3 is 2.61 bits per heavy atom. The highest BCUT2D eigenvalue weighted by Gasteiger charge is 2.42. The average Bonchev–Trinajstić information content (AvgIpc) is 2.27. The number of hydrogen-bond donors (Lipinski definition) is 2. The second kappa shape index (κ2) is 4.51. The minimum absolute atomic E-state index is 0.0286. The van der Waals surface area contributed by atoms with Crippen LogP contribution in [0.15, 0.2) is 6.07 Å². The summed E-state index contributed by atoms with van der Waals surface area (Å²) in [5, 5.41) is 0. The number of nitrogens with two attached hydrogens (primary N) is 2. The third kappa shape index (κ3) is 2.74. The highest BCUT2D eigenvalue weighted by molar-refractivity contribution is 5.50. The number of rotatable bonds is 1. The normalized spacial score (nSPS) is 21.1. The van der Waals surface area contributed by atoms with Crippen molar-refractivity contribution in [2.45, 2.75) is 19.0 Å². The van der Waals surface area contributed by atoms with E-state index < -0.39 is 12.1 Å². The van der Waals surface area contributed by atoms with Crippen LogP contribution in [0, 0.1) is 5.92 Å². The lowest BCUT2D eigenvalue weighted by Gasteiger charge is -2.34. The zero-order chi connectivity index (χ0) is 13.3. The van der Waals surface area contributed by atoms with Gasteiger partial charge in [0.15, 0.2) is 0 Å². The van der Waals surface area contributed by atoms with Gasteiger partial charge in [-0.25, -0.2) is 0 Å². The van der Waals surface area contributed by atoms with Crippen molar-refractivity contribution in [3.63, 3.8) is 0 Å². The molecular weight excluding hydrogens is 247 g/mol. The molecular formula is C10H14F3N5. The maximum absolute atomic E-state index is 12.7. The molecule has 1 aliphatic heterocycles. The van der Waals surface area contributed by atoms with Crippen molar-refractivity contribution in [2.24, 2.45) is 5.92 Å². The number of nitrogen functional groups attached to an aromatic ring is 2. The molecule has 100 valence electrons. The Hall–Kier alpha value is -1.73. The third-order valence-electron chi connectivity index (χ3n) is 2.96. The van der Waals surface area contributed by atoms with E-state index in [0.717, 1.165) is 0 Å². The van der Waals surface area contributed by atoms with Crippen molar-refractivity contribution in [3.05, 3.63) is 6.07 Å². The Morgan fingerprint density at radius 1 is 1.28 bits per heavy atom. The standard InChI is InChI=1S/C10H14F3N5/c11-10(12,13)6-2-1-3-18(5-6)8-4-7(14)16-9(15)17-8/h4,6H,1-3,5H2,(H4,14,15,16,17).